The van der Waals surface area contributed by atoms with Crippen molar-refractivity contribution < 1.29 is 4.74 Å². The van der Waals surface area contributed by atoms with E-state index in [0.717, 1.165) is 13.0 Å². The molecule has 0 bridgehead atoms. The lowest BCUT2D eigenvalue weighted by Gasteiger charge is -2.13. The lowest BCUT2D eigenvalue weighted by atomic mass is 9.99. The molecule has 1 aromatic rings. The molecule has 0 amide bonds. The maximum absolute atomic E-state index is 6.06. The van der Waals surface area contributed by atoms with E-state index in [9.17, 15) is 0 Å². The average molecular weight is 221 g/mol. The molecule has 1 unspecified atom stereocenters. The number of benzene rings is 1. The van der Waals surface area contributed by atoms with Crippen LogP contribution in [0.4, 0.5) is 0 Å². The van der Waals surface area contributed by atoms with Crippen LogP contribution in [0.5, 0.6) is 0 Å². The topological polar surface area (TPSA) is 35.2 Å². The van der Waals surface area contributed by atoms with Gasteiger partial charge in [-0.05, 0) is 30.4 Å². The van der Waals surface area contributed by atoms with Crippen LogP contribution in [-0.4, -0.2) is 13.2 Å². The van der Waals surface area contributed by atoms with E-state index in [1.54, 1.807) is 0 Å². The molecule has 0 aliphatic heterocycles. The minimum absolute atomic E-state index is 0.00735. The SMILES string of the molecule is CCOCC(N)c1cccc(CC(C)C)c1. The number of ether oxygens (including phenoxy) is 1. The van der Waals surface area contributed by atoms with Gasteiger partial charge in [0.25, 0.3) is 0 Å². The van der Waals surface area contributed by atoms with Crippen molar-refractivity contribution in [1.82, 2.24) is 0 Å². The Morgan fingerprint density at radius 3 is 2.69 bits per heavy atom. The van der Waals surface area contributed by atoms with Crippen molar-refractivity contribution in [1.29, 1.82) is 0 Å². The Balaban J connectivity index is 2.65. The minimum Gasteiger partial charge on any atom is -0.380 e. The molecule has 0 aliphatic carbocycles. The molecule has 0 heterocycles. The summed E-state index contributed by atoms with van der Waals surface area (Å²) in [4.78, 5) is 0. The average Bonchev–Trinajstić information content (AvgIpc) is 2.25. The Labute approximate surface area is 98.8 Å². The Morgan fingerprint density at radius 1 is 1.31 bits per heavy atom. The highest BCUT2D eigenvalue weighted by molar-refractivity contribution is 5.26. The molecule has 16 heavy (non-hydrogen) atoms. The van der Waals surface area contributed by atoms with E-state index in [4.69, 9.17) is 10.5 Å². The van der Waals surface area contributed by atoms with Crippen LogP contribution in [-0.2, 0) is 11.2 Å². The Hall–Kier alpha value is -0.860. The van der Waals surface area contributed by atoms with Crippen LogP contribution in [0, 0.1) is 5.92 Å². The molecule has 1 atom stereocenters. The molecule has 2 N–H and O–H groups in total. The predicted octanol–water partition coefficient (Wildman–Crippen LogP) is 2.92. The predicted molar refractivity (Wildman–Crippen MR) is 68.4 cm³/mol. The second-order valence-electron chi connectivity index (χ2n) is 4.61. The molecule has 0 aliphatic rings. The zero-order chi connectivity index (χ0) is 12.0. The van der Waals surface area contributed by atoms with Crippen molar-refractivity contribution in [2.75, 3.05) is 13.2 Å². The molecule has 1 aromatic carbocycles. The first-order valence-electron chi connectivity index (χ1n) is 6.05. The van der Waals surface area contributed by atoms with E-state index in [1.165, 1.54) is 11.1 Å². The molecule has 1 rings (SSSR count). The van der Waals surface area contributed by atoms with Gasteiger partial charge < -0.3 is 10.5 Å². The second-order valence-corrected chi connectivity index (χ2v) is 4.61. The van der Waals surface area contributed by atoms with E-state index in [-0.39, 0.29) is 6.04 Å². The summed E-state index contributed by atoms with van der Waals surface area (Å²) in [5.41, 5.74) is 8.59. The largest absolute Gasteiger partial charge is 0.380 e. The molecule has 0 aromatic heterocycles. The van der Waals surface area contributed by atoms with Crippen LogP contribution >= 0.6 is 0 Å². The Bertz CT molecular complexity index is 309. The van der Waals surface area contributed by atoms with Gasteiger partial charge in [-0.3, -0.25) is 0 Å². The smallest absolute Gasteiger partial charge is 0.0659 e. The van der Waals surface area contributed by atoms with Crippen molar-refractivity contribution in [2.24, 2.45) is 11.7 Å². The fraction of sp³-hybridized carbons (Fsp3) is 0.571. The third-order valence-electron chi connectivity index (χ3n) is 2.52. The van der Waals surface area contributed by atoms with Gasteiger partial charge >= 0.3 is 0 Å². The van der Waals surface area contributed by atoms with Crippen LogP contribution in [0.3, 0.4) is 0 Å². The third kappa shape index (κ3) is 4.33. The van der Waals surface area contributed by atoms with Crippen molar-refractivity contribution in [3.63, 3.8) is 0 Å². The van der Waals surface area contributed by atoms with E-state index in [0.29, 0.717) is 12.5 Å². The monoisotopic (exact) mass is 221 g/mol. The van der Waals surface area contributed by atoms with Gasteiger partial charge in [-0.15, -0.1) is 0 Å². The molecule has 0 spiro atoms. The van der Waals surface area contributed by atoms with Crippen LogP contribution in [0.2, 0.25) is 0 Å². The van der Waals surface area contributed by atoms with E-state index < -0.39 is 0 Å². The highest BCUT2D eigenvalue weighted by Crippen LogP contribution is 2.15. The molecule has 2 nitrogen and oxygen atoms in total. The number of nitrogens with two attached hydrogens (primary N) is 1. The summed E-state index contributed by atoms with van der Waals surface area (Å²) < 4.78 is 5.35. The number of rotatable bonds is 6. The lowest BCUT2D eigenvalue weighted by Crippen LogP contribution is -2.17. The van der Waals surface area contributed by atoms with Crippen LogP contribution < -0.4 is 5.73 Å². The van der Waals surface area contributed by atoms with Gasteiger partial charge in [0.15, 0.2) is 0 Å². The minimum atomic E-state index is -0.00735. The van der Waals surface area contributed by atoms with E-state index in [2.05, 4.69) is 38.1 Å². The van der Waals surface area contributed by atoms with Gasteiger partial charge in [0, 0.05) is 6.61 Å². The molecular weight excluding hydrogens is 198 g/mol. The van der Waals surface area contributed by atoms with Crippen LogP contribution in [0.1, 0.15) is 37.9 Å². The quantitative estimate of drug-likeness (QED) is 0.801. The molecule has 0 fully saturated rings. The van der Waals surface area contributed by atoms with Gasteiger partial charge in [-0.1, -0.05) is 38.1 Å². The van der Waals surface area contributed by atoms with Crippen LogP contribution in [0.15, 0.2) is 24.3 Å². The Morgan fingerprint density at radius 2 is 2.06 bits per heavy atom. The van der Waals surface area contributed by atoms with Crippen LogP contribution in [0.25, 0.3) is 0 Å². The molecule has 0 saturated carbocycles. The first-order chi connectivity index (χ1) is 7.63. The van der Waals surface area contributed by atoms with Crippen molar-refractivity contribution in [3.8, 4) is 0 Å². The standard InChI is InChI=1S/C14H23NO/c1-4-16-10-14(15)13-7-5-6-12(9-13)8-11(2)3/h5-7,9,11,14H,4,8,10,15H2,1-3H3. The third-order valence-corrected chi connectivity index (χ3v) is 2.52. The lowest BCUT2D eigenvalue weighted by molar-refractivity contribution is 0.133. The highest BCUT2D eigenvalue weighted by Gasteiger charge is 2.07. The molecular formula is C14H23NO. The second kappa shape index (κ2) is 6.66. The van der Waals surface area contributed by atoms with Gasteiger partial charge in [-0.25, -0.2) is 0 Å². The van der Waals surface area contributed by atoms with Gasteiger partial charge in [-0.2, -0.15) is 0 Å². The normalized spacial score (nSPS) is 13.1. The maximum Gasteiger partial charge on any atom is 0.0659 e. The molecule has 0 radical (unpaired) electrons. The van der Waals surface area contributed by atoms with Crippen molar-refractivity contribution in [2.45, 2.75) is 33.2 Å². The summed E-state index contributed by atoms with van der Waals surface area (Å²) in [6.45, 7) is 7.77. The van der Waals surface area contributed by atoms with Gasteiger partial charge in [0.2, 0.25) is 0 Å². The molecule has 90 valence electrons. The van der Waals surface area contributed by atoms with E-state index >= 15 is 0 Å². The highest BCUT2D eigenvalue weighted by atomic mass is 16.5. The van der Waals surface area contributed by atoms with E-state index in [1.807, 2.05) is 6.92 Å². The first-order valence-corrected chi connectivity index (χ1v) is 6.05. The maximum atomic E-state index is 6.06. The summed E-state index contributed by atoms with van der Waals surface area (Å²) in [6.07, 6.45) is 1.11. The fourth-order valence-corrected chi connectivity index (χ4v) is 1.76. The summed E-state index contributed by atoms with van der Waals surface area (Å²) >= 11 is 0. The molecule has 2 heteroatoms. The van der Waals surface area contributed by atoms with Gasteiger partial charge in [0.1, 0.15) is 0 Å². The fourth-order valence-electron chi connectivity index (χ4n) is 1.76. The zero-order valence-corrected chi connectivity index (χ0v) is 10.6. The molecule has 0 saturated heterocycles. The number of hydrogen-bond acceptors (Lipinski definition) is 2. The summed E-state index contributed by atoms with van der Waals surface area (Å²) in [6, 6.07) is 8.51. The summed E-state index contributed by atoms with van der Waals surface area (Å²) in [7, 11) is 0. The van der Waals surface area contributed by atoms with Crippen molar-refractivity contribution in [3.05, 3.63) is 35.4 Å². The van der Waals surface area contributed by atoms with Gasteiger partial charge in [0.05, 0.1) is 12.6 Å². The first kappa shape index (κ1) is 13.2. The Kier molecular flexibility index (Phi) is 5.50. The summed E-state index contributed by atoms with van der Waals surface area (Å²) in [5.74, 6) is 0.679. The summed E-state index contributed by atoms with van der Waals surface area (Å²) in [5, 5.41) is 0. The zero-order valence-electron chi connectivity index (χ0n) is 10.6. The van der Waals surface area contributed by atoms with Crippen molar-refractivity contribution >= 4 is 0 Å². The number of hydrogen-bond donors (Lipinski definition) is 1.